The number of benzene rings is 1. The van der Waals surface area contributed by atoms with E-state index in [1.54, 1.807) is 18.2 Å². The fourth-order valence-electron chi connectivity index (χ4n) is 3.15. The first-order valence-electron chi connectivity index (χ1n) is 9.27. The lowest BCUT2D eigenvalue weighted by Crippen LogP contribution is -2.45. The number of nitrogens with zero attached hydrogens (tertiary/aromatic N) is 1. The molecule has 2 aliphatic rings. The van der Waals surface area contributed by atoms with Crippen molar-refractivity contribution >= 4 is 35.0 Å². The smallest absolute Gasteiger partial charge is 0.225 e. The molecule has 3 rings (SSSR count). The van der Waals surface area contributed by atoms with Crippen molar-refractivity contribution < 1.29 is 19.4 Å². The highest BCUT2D eigenvalue weighted by molar-refractivity contribution is 6.42. The third-order valence-corrected chi connectivity index (χ3v) is 5.76. The second kappa shape index (κ2) is 9.13. The first kappa shape index (κ1) is 20.2. The summed E-state index contributed by atoms with van der Waals surface area (Å²) in [4.78, 5) is 26.2. The summed E-state index contributed by atoms with van der Waals surface area (Å²) in [6.07, 6.45) is 2.46. The largest absolute Gasteiger partial charge is 0.489 e. The minimum absolute atomic E-state index is 0.00528. The van der Waals surface area contributed by atoms with Gasteiger partial charge in [0.25, 0.3) is 0 Å². The van der Waals surface area contributed by atoms with E-state index in [9.17, 15) is 14.7 Å². The Bertz CT molecular complexity index is 688. The summed E-state index contributed by atoms with van der Waals surface area (Å²) in [5.74, 6) is 0.638. The van der Waals surface area contributed by atoms with Crippen LogP contribution in [-0.4, -0.2) is 54.2 Å². The second-order valence-electron chi connectivity index (χ2n) is 7.14. The highest BCUT2D eigenvalue weighted by Crippen LogP contribution is 2.33. The Morgan fingerprint density at radius 1 is 1.19 bits per heavy atom. The van der Waals surface area contributed by atoms with Gasteiger partial charge in [0.05, 0.1) is 5.02 Å². The Morgan fingerprint density at radius 2 is 1.89 bits per heavy atom. The maximum atomic E-state index is 12.3. The Hall–Kier alpha value is -1.50. The van der Waals surface area contributed by atoms with Gasteiger partial charge in [-0.25, -0.2) is 0 Å². The van der Waals surface area contributed by atoms with Crippen LogP contribution in [0.25, 0.3) is 0 Å². The molecular formula is C19H24Cl2N2O4. The van der Waals surface area contributed by atoms with Crippen LogP contribution in [0.15, 0.2) is 18.2 Å². The highest BCUT2D eigenvalue weighted by atomic mass is 35.5. The zero-order valence-electron chi connectivity index (χ0n) is 15.0. The summed E-state index contributed by atoms with van der Waals surface area (Å²) in [7, 11) is 0. The molecule has 1 unspecified atom stereocenters. The first-order valence-corrected chi connectivity index (χ1v) is 10.0. The fourth-order valence-corrected chi connectivity index (χ4v) is 3.50. The number of halogens is 2. The van der Waals surface area contributed by atoms with E-state index < -0.39 is 6.10 Å². The molecule has 1 aliphatic carbocycles. The maximum absolute atomic E-state index is 12.3. The van der Waals surface area contributed by atoms with Gasteiger partial charge in [-0.3, -0.25) is 9.59 Å². The lowest BCUT2D eigenvalue weighted by Gasteiger charge is -2.31. The van der Waals surface area contributed by atoms with Crippen LogP contribution in [0.5, 0.6) is 5.75 Å². The number of piperidine rings is 1. The SMILES string of the molecule is O=C(NCC(O)COc1cccc(Cl)c1Cl)C1CCN(C(=O)C2CC2)CC1. The molecule has 2 amide bonds. The van der Waals surface area contributed by atoms with Gasteiger partial charge in [-0.1, -0.05) is 29.3 Å². The lowest BCUT2D eigenvalue weighted by molar-refractivity contribution is -0.136. The van der Waals surface area contributed by atoms with E-state index in [1.165, 1.54) is 0 Å². The van der Waals surface area contributed by atoms with Crippen LogP contribution < -0.4 is 10.1 Å². The number of hydrogen-bond acceptors (Lipinski definition) is 4. The molecule has 27 heavy (non-hydrogen) atoms. The molecule has 1 heterocycles. The summed E-state index contributed by atoms with van der Waals surface area (Å²) in [5.41, 5.74) is 0. The van der Waals surface area contributed by atoms with E-state index in [0.29, 0.717) is 41.7 Å². The van der Waals surface area contributed by atoms with Gasteiger partial charge in [0.2, 0.25) is 11.8 Å². The molecule has 1 aliphatic heterocycles. The molecule has 6 nitrogen and oxygen atoms in total. The van der Waals surface area contributed by atoms with Crippen molar-refractivity contribution in [2.75, 3.05) is 26.2 Å². The zero-order chi connectivity index (χ0) is 19.4. The topological polar surface area (TPSA) is 78.9 Å². The Labute approximate surface area is 168 Å². The van der Waals surface area contributed by atoms with Gasteiger partial charge in [0, 0.05) is 31.5 Å². The summed E-state index contributed by atoms with van der Waals surface area (Å²) >= 11 is 11.9. The molecule has 2 N–H and O–H groups in total. The molecule has 148 valence electrons. The van der Waals surface area contributed by atoms with E-state index in [0.717, 1.165) is 12.8 Å². The number of nitrogens with one attached hydrogen (secondary N) is 1. The number of carbonyl (C=O) groups is 2. The molecule has 8 heteroatoms. The van der Waals surface area contributed by atoms with Crippen molar-refractivity contribution in [3.05, 3.63) is 28.2 Å². The summed E-state index contributed by atoms with van der Waals surface area (Å²) in [6, 6.07) is 5.02. The molecule has 1 atom stereocenters. The monoisotopic (exact) mass is 414 g/mol. The third-order valence-electron chi connectivity index (χ3n) is 4.96. The van der Waals surface area contributed by atoms with Crippen molar-refractivity contribution in [1.82, 2.24) is 10.2 Å². The van der Waals surface area contributed by atoms with Crippen LogP contribution in [0.1, 0.15) is 25.7 Å². The van der Waals surface area contributed by atoms with Crippen LogP contribution >= 0.6 is 23.2 Å². The molecule has 1 saturated carbocycles. The minimum atomic E-state index is -0.861. The number of aliphatic hydroxyl groups excluding tert-OH is 1. The number of hydrogen-bond donors (Lipinski definition) is 2. The van der Waals surface area contributed by atoms with Crippen molar-refractivity contribution in [2.45, 2.75) is 31.8 Å². The number of amides is 2. The number of rotatable bonds is 7. The van der Waals surface area contributed by atoms with Gasteiger partial charge in [-0.15, -0.1) is 0 Å². The maximum Gasteiger partial charge on any atom is 0.225 e. The molecule has 1 saturated heterocycles. The Morgan fingerprint density at radius 3 is 2.56 bits per heavy atom. The number of likely N-dealkylation sites (tertiary alicyclic amines) is 1. The Kier molecular flexibility index (Phi) is 6.84. The molecule has 2 fully saturated rings. The van der Waals surface area contributed by atoms with E-state index in [-0.39, 0.29) is 36.8 Å². The first-order chi connectivity index (χ1) is 13.0. The standard InChI is InChI=1S/C19H24Cl2N2O4/c20-15-2-1-3-16(17(15)21)27-11-14(24)10-22-18(25)12-6-8-23(9-7-12)19(26)13-4-5-13/h1-3,12-14,24H,4-11H2,(H,22,25). The van der Waals surface area contributed by atoms with Crippen LogP contribution in [0.4, 0.5) is 0 Å². The average Bonchev–Trinajstić information content (AvgIpc) is 3.52. The molecule has 0 radical (unpaired) electrons. The van der Waals surface area contributed by atoms with E-state index >= 15 is 0 Å². The molecular weight excluding hydrogens is 391 g/mol. The second-order valence-corrected chi connectivity index (χ2v) is 7.92. The predicted molar refractivity (Wildman–Crippen MR) is 103 cm³/mol. The number of ether oxygens (including phenoxy) is 1. The van der Waals surface area contributed by atoms with E-state index in [1.807, 2.05) is 4.90 Å². The average molecular weight is 415 g/mol. The molecule has 1 aromatic rings. The molecule has 1 aromatic carbocycles. The van der Waals surface area contributed by atoms with E-state index in [2.05, 4.69) is 5.32 Å². The summed E-state index contributed by atoms with van der Waals surface area (Å²) < 4.78 is 5.46. The van der Waals surface area contributed by atoms with Gasteiger partial charge in [-0.2, -0.15) is 0 Å². The van der Waals surface area contributed by atoms with Crippen LogP contribution in [-0.2, 0) is 9.59 Å². The predicted octanol–water partition coefficient (Wildman–Crippen LogP) is 2.50. The van der Waals surface area contributed by atoms with Crippen LogP contribution in [0, 0.1) is 11.8 Å². The van der Waals surface area contributed by atoms with Crippen molar-refractivity contribution in [1.29, 1.82) is 0 Å². The summed E-state index contributed by atoms with van der Waals surface area (Å²) in [6.45, 7) is 1.35. The highest BCUT2D eigenvalue weighted by Gasteiger charge is 2.35. The van der Waals surface area contributed by atoms with E-state index in [4.69, 9.17) is 27.9 Å². The third kappa shape index (κ3) is 5.50. The molecule has 0 spiro atoms. The molecule has 0 bridgehead atoms. The fraction of sp³-hybridized carbons (Fsp3) is 0.579. The van der Waals surface area contributed by atoms with Crippen LogP contribution in [0.3, 0.4) is 0 Å². The van der Waals surface area contributed by atoms with Crippen molar-refractivity contribution in [3.8, 4) is 5.75 Å². The normalized spacial score (nSPS) is 18.9. The number of carbonyl (C=O) groups excluding carboxylic acids is 2. The Balaban J connectivity index is 1.36. The number of aliphatic hydroxyl groups is 1. The zero-order valence-corrected chi connectivity index (χ0v) is 16.5. The lowest BCUT2D eigenvalue weighted by atomic mass is 9.95. The quantitative estimate of drug-likeness (QED) is 0.718. The van der Waals surface area contributed by atoms with Crippen LogP contribution in [0.2, 0.25) is 10.0 Å². The molecule has 0 aromatic heterocycles. The van der Waals surface area contributed by atoms with Gasteiger partial charge in [0.1, 0.15) is 23.5 Å². The van der Waals surface area contributed by atoms with Crippen molar-refractivity contribution in [2.24, 2.45) is 11.8 Å². The van der Waals surface area contributed by atoms with Crippen molar-refractivity contribution in [3.63, 3.8) is 0 Å². The van der Waals surface area contributed by atoms with Gasteiger partial charge in [-0.05, 0) is 37.8 Å². The minimum Gasteiger partial charge on any atom is -0.489 e. The summed E-state index contributed by atoms with van der Waals surface area (Å²) in [5, 5.41) is 13.5. The van der Waals surface area contributed by atoms with Gasteiger partial charge < -0.3 is 20.1 Å². The van der Waals surface area contributed by atoms with Gasteiger partial charge >= 0.3 is 0 Å². The van der Waals surface area contributed by atoms with Gasteiger partial charge in [0.15, 0.2) is 0 Å².